The Morgan fingerprint density at radius 2 is 0.850 bits per heavy atom. The van der Waals surface area contributed by atoms with E-state index in [2.05, 4.69) is 89.6 Å². The molecular formula is C36H56N2O2. The third kappa shape index (κ3) is 12.3. The molecule has 0 unspecified atom stereocenters. The monoisotopic (exact) mass is 548 g/mol. The summed E-state index contributed by atoms with van der Waals surface area (Å²) in [6.07, 6.45) is 11.7. The Morgan fingerprint density at radius 3 is 1.18 bits per heavy atom. The highest BCUT2D eigenvalue weighted by atomic mass is 16.3. The van der Waals surface area contributed by atoms with Crippen molar-refractivity contribution in [1.29, 1.82) is 0 Å². The maximum atomic E-state index is 10.9. The summed E-state index contributed by atoms with van der Waals surface area (Å²) in [5, 5.41) is 21.9. The zero-order chi connectivity index (χ0) is 29.7. The molecule has 0 saturated heterocycles. The number of phenols is 2. The molecule has 0 heterocycles. The summed E-state index contributed by atoms with van der Waals surface area (Å²) in [6.45, 7) is 18.9. The van der Waals surface area contributed by atoms with Crippen molar-refractivity contribution in [2.45, 2.75) is 107 Å². The Labute approximate surface area is 245 Å². The normalized spacial score (nSPS) is 12.4. The molecule has 2 N–H and O–H groups in total. The number of rotatable bonds is 17. The minimum Gasteiger partial charge on any atom is -0.507 e. The maximum absolute atomic E-state index is 10.9. The summed E-state index contributed by atoms with van der Waals surface area (Å²) in [5.74, 6) is 3.19. The minimum absolute atomic E-state index is 0.360. The Morgan fingerprint density at radius 1 is 0.525 bits per heavy atom. The Balaban J connectivity index is 2.13. The van der Waals surface area contributed by atoms with E-state index in [1.807, 2.05) is 0 Å². The fourth-order valence-electron chi connectivity index (χ4n) is 4.68. The highest BCUT2D eigenvalue weighted by Gasteiger charge is 2.12. The number of aliphatic imine (C=N–C) groups is 2. The zero-order valence-electron chi connectivity index (χ0n) is 26.6. The molecule has 0 aliphatic carbocycles. The van der Waals surface area contributed by atoms with Gasteiger partial charge in [0.1, 0.15) is 11.5 Å². The Hall–Kier alpha value is -2.62. The van der Waals surface area contributed by atoms with Gasteiger partial charge in [-0.15, -0.1) is 0 Å². The first-order chi connectivity index (χ1) is 19.0. The molecule has 4 heteroatoms. The molecular weight excluding hydrogens is 492 g/mol. The fraction of sp³-hybridized carbons (Fsp3) is 0.611. The predicted molar refractivity (Wildman–Crippen MR) is 174 cm³/mol. The molecule has 0 amide bonds. The van der Waals surface area contributed by atoms with Crippen LogP contribution in [-0.4, -0.2) is 35.7 Å². The first-order valence-corrected chi connectivity index (χ1v) is 15.6. The maximum Gasteiger partial charge on any atom is 0.127 e. The van der Waals surface area contributed by atoms with Crippen LogP contribution in [0.5, 0.6) is 11.5 Å². The van der Waals surface area contributed by atoms with Crippen LogP contribution >= 0.6 is 0 Å². The molecule has 0 spiro atoms. The summed E-state index contributed by atoms with van der Waals surface area (Å²) < 4.78 is 0. The molecule has 0 bridgehead atoms. The number of benzene rings is 2. The van der Waals surface area contributed by atoms with E-state index in [1.54, 1.807) is 12.4 Å². The highest BCUT2D eigenvalue weighted by Crippen LogP contribution is 2.28. The third-order valence-electron chi connectivity index (χ3n) is 7.38. The standard InChI is InChI=1S/C36H56N2O2/c1-25(2)9-13-29-19-31(15-11-27(5)6)35(39)33(21-29)23-37-17-18-38-24-34-22-30(14-10-26(3)4)20-32(36(34)40)16-12-28(7)8/h19-28,39-40H,9-18H2,1-8H3. The lowest BCUT2D eigenvalue weighted by atomic mass is 9.94. The van der Waals surface area contributed by atoms with E-state index in [9.17, 15) is 10.2 Å². The lowest BCUT2D eigenvalue weighted by molar-refractivity contribution is 0.461. The molecule has 0 radical (unpaired) electrons. The first-order valence-electron chi connectivity index (χ1n) is 15.6. The van der Waals surface area contributed by atoms with Gasteiger partial charge in [0, 0.05) is 23.6 Å². The van der Waals surface area contributed by atoms with Crippen LogP contribution in [0.2, 0.25) is 0 Å². The number of phenolic OH excluding ortho intramolecular Hbond substituents is 2. The van der Waals surface area contributed by atoms with Crippen LogP contribution < -0.4 is 0 Å². The summed E-state index contributed by atoms with van der Waals surface area (Å²) in [5.41, 5.74) is 6.19. The summed E-state index contributed by atoms with van der Waals surface area (Å²) in [7, 11) is 0. The number of hydrogen-bond donors (Lipinski definition) is 2. The van der Waals surface area contributed by atoms with E-state index in [1.165, 1.54) is 11.1 Å². The van der Waals surface area contributed by atoms with Gasteiger partial charge in [-0.3, -0.25) is 9.98 Å². The SMILES string of the molecule is CC(C)CCc1cc(C=NCCN=Cc2cc(CCC(C)C)cc(CCC(C)C)c2O)c(O)c(CCC(C)C)c1. The van der Waals surface area contributed by atoms with Gasteiger partial charge in [-0.1, -0.05) is 67.5 Å². The second-order valence-electron chi connectivity index (χ2n) is 13.2. The predicted octanol–water partition coefficient (Wildman–Crippen LogP) is 8.99. The molecule has 4 nitrogen and oxygen atoms in total. The van der Waals surface area contributed by atoms with E-state index in [0.29, 0.717) is 48.3 Å². The summed E-state index contributed by atoms with van der Waals surface area (Å²) in [4.78, 5) is 9.20. The topological polar surface area (TPSA) is 65.2 Å². The van der Waals surface area contributed by atoms with E-state index in [-0.39, 0.29) is 0 Å². The van der Waals surface area contributed by atoms with Gasteiger partial charge in [0.15, 0.2) is 0 Å². The average Bonchev–Trinajstić information content (AvgIpc) is 2.88. The van der Waals surface area contributed by atoms with E-state index < -0.39 is 0 Å². The summed E-state index contributed by atoms with van der Waals surface area (Å²) >= 11 is 0. The molecule has 0 saturated carbocycles. The lowest BCUT2D eigenvalue weighted by Crippen LogP contribution is -2.00. The van der Waals surface area contributed by atoms with Crippen LogP contribution in [0.25, 0.3) is 0 Å². The second-order valence-corrected chi connectivity index (χ2v) is 13.2. The van der Waals surface area contributed by atoms with Crippen LogP contribution in [0.15, 0.2) is 34.3 Å². The molecule has 40 heavy (non-hydrogen) atoms. The molecule has 0 fully saturated rings. The fourth-order valence-corrected chi connectivity index (χ4v) is 4.68. The molecule has 0 aliphatic heterocycles. The van der Waals surface area contributed by atoms with Gasteiger partial charge in [-0.25, -0.2) is 0 Å². The molecule has 222 valence electrons. The van der Waals surface area contributed by atoms with Gasteiger partial charge in [0.25, 0.3) is 0 Å². The second kappa shape index (κ2) is 17.3. The number of aryl methyl sites for hydroxylation is 4. The van der Waals surface area contributed by atoms with Gasteiger partial charge in [-0.05, 0) is 109 Å². The van der Waals surface area contributed by atoms with Crippen LogP contribution in [0.1, 0.15) is 114 Å². The Kier molecular flexibility index (Phi) is 14.5. The third-order valence-corrected chi connectivity index (χ3v) is 7.38. The van der Waals surface area contributed by atoms with Crippen molar-refractivity contribution < 1.29 is 10.2 Å². The average molecular weight is 549 g/mol. The number of hydrogen-bond acceptors (Lipinski definition) is 4. The first kappa shape index (κ1) is 33.6. The molecule has 0 aliphatic rings. The van der Waals surface area contributed by atoms with Gasteiger partial charge >= 0.3 is 0 Å². The van der Waals surface area contributed by atoms with E-state index in [4.69, 9.17) is 0 Å². The zero-order valence-corrected chi connectivity index (χ0v) is 26.6. The minimum atomic E-state index is 0.360. The van der Waals surface area contributed by atoms with Crippen molar-refractivity contribution in [3.05, 3.63) is 57.6 Å². The number of nitrogens with zero attached hydrogens (tertiary/aromatic N) is 2. The van der Waals surface area contributed by atoms with Crippen molar-refractivity contribution in [2.24, 2.45) is 33.7 Å². The lowest BCUT2D eigenvalue weighted by Gasteiger charge is -2.13. The van der Waals surface area contributed by atoms with Crippen molar-refractivity contribution in [3.8, 4) is 11.5 Å². The van der Waals surface area contributed by atoms with Gasteiger partial charge in [-0.2, -0.15) is 0 Å². The highest BCUT2D eigenvalue weighted by molar-refractivity contribution is 5.85. The van der Waals surface area contributed by atoms with E-state index in [0.717, 1.165) is 73.6 Å². The van der Waals surface area contributed by atoms with Crippen molar-refractivity contribution in [1.82, 2.24) is 0 Å². The quantitative estimate of drug-likeness (QED) is 0.153. The largest absolute Gasteiger partial charge is 0.507 e. The van der Waals surface area contributed by atoms with Gasteiger partial charge in [0.05, 0.1) is 13.1 Å². The van der Waals surface area contributed by atoms with Crippen molar-refractivity contribution >= 4 is 12.4 Å². The molecule has 2 aromatic rings. The Bertz CT molecular complexity index is 1010. The van der Waals surface area contributed by atoms with E-state index >= 15 is 0 Å². The summed E-state index contributed by atoms with van der Waals surface area (Å²) in [6, 6.07) is 8.53. The van der Waals surface area contributed by atoms with Crippen LogP contribution in [0.3, 0.4) is 0 Å². The number of aromatic hydroxyl groups is 2. The molecule has 0 atom stereocenters. The molecule has 0 aromatic heterocycles. The van der Waals surface area contributed by atoms with Gasteiger partial charge < -0.3 is 10.2 Å². The van der Waals surface area contributed by atoms with Crippen LogP contribution in [-0.2, 0) is 25.7 Å². The van der Waals surface area contributed by atoms with Crippen molar-refractivity contribution in [3.63, 3.8) is 0 Å². The van der Waals surface area contributed by atoms with Gasteiger partial charge in [0.2, 0.25) is 0 Å². The molecule has 2 rings (SSSR count). The van der Waals surface area contributed by atoms with Crippen molar-refractivity contribution in [2.75, 3.05) is 13.1 Å². The van der Waals surface area contributed by atoms with Crippen LogP contribution in [0.4, 0.5) is 0 Å². The van der Waals surface area contributed by atoms with Crippen LogP contribution in [0, 0.1) is 23.7 Å². The smallest absolute Gasteiger partial charge is 0.127 e. The molecule has 2 aromatic carbocycles.